The van der Waals surface area contributed by atoms with E-state index in [0.717, 1.165) is 19.3 Å². The monoisotopic (exact) mass is 278 g/mol. The Hall–Kier alpha value is -1.55. The summed E-state index contributed by atoms with van der Waals surface area (Å²) in [6, 6.07) is 0. The van der Waals surface area contributed by atoms with Gasteiger partial charge in [0.05, 0.1) is 0 Å². The number of rotatable bonds is 0. The topological polar surface area (TPSA) is 17.1 Å². The van der Waals surface area contributed by atoms with E-state index in [1.54, 1.807) is 11.1 Å². The molecule has 0 aromatic heterocycles. The Kier molecular flexibility index (Phi) is 2.80. The number of hydrogen-bond acceptors (Lipinski definition) is 1. The second-order valence-electron chi connectivity index (χ2n) is 7.31. The predicted octanol–water partition coefficient (Wildman–Crippen LogP) is 4.36. The summed E-state index contributed by atoms with van der Waals surface area (Å²) in [6.45, 7) is 2.38. The third kappa shape index (κ3) is 1.75. The first kappa shape index (κ1) is 13.1. The Morgan fingerprint density at radius 2 is 2.14 bits per heavy atom. The summed E-state index contributed by atoms with van der Waals surface area (Å²) in [5.41, 5.74) is 6.05. The molecule has 0 amide bonds. The number of carbonyl (C=O) groups excluding carboxylic acids is 1. The summed E-state index contributed by atoms with van der Waals surface area (Å²) in [5, 5.41) is 0. The first-order chi connectivity index (χ1) is 10.1. The van der Waals surface area contributed by atoms with Gasteiger partial charge >= 0.3 is 0 Å². The maximum Gasteiger partial charge on any atom is 0.156 e. The summed E-state index contributed by atoms with van der Waals surface area (Å²) in [4.78, 5) is 11.7. The molecule has 0 unspecified atom stereocenters. The number of terminal acetylenes is 1. The van der Waals surface area contributed by atoms with Gasteiger partial charge in [0.15, 0.2) is 5.78 Å². The first-order valence-corrected chi connectivity index (χ1v) is 8.26. The normalized spacial score (nSPS) is 38.0. The van der Waals surface area contributed by atoms with Gasteiger partial charge in [-0.05, 0) is 67.6 Å². The molecule has 0 bridgehead atoms. The molecule has 1 nitrogen and oxygen atoms in total. The van der Waals surface area contributed by atoms with Crippen molar-refractivity contribution >= 4 is 5.78 Å². The lowest BCUT2D eigenvalue weighted by Gasteiger charge is -2.47. The van der Waals surface area contributed by atoms with Crippen LogP contribution in [0.5, 0.6) is 0 Å². The Bertz CT molecular complexity index is 652. The highest BCUT2D eigenvalue weighted by Crippen LogP contribution is 2.59. The smallest absolute Gasteiger partial charge is 0.156 e. The molecule has 4 aliphatic rings. The van der Waals surface area contributed by atoms with Gasteiger partial charge in [0.2, 0.25) is 0 Å². The molecule has 0 heterocycles. The zero-order valence-corrected chi connectivity index (χ0v) is 12.7. The van der Waals surface area contributed by atoms with Gasteiger partial charge in [-0.25, -0.2) is 0 Å². The molecule has 0 spiro atoms. The number of carbonyl (C=O) groups is 1. The predicted molar refractivity (Wildman–Crippen MR) is 84.4 cm³/mol. The van der Waals surface area contributed by atoms with Crippen LogP contribution in [-0.4, -0.2) is 5.78 Å². The van der Waals surface area contributed by atoms with E-state index in [-0.39, 0.29) is 5.41 Å². The van der Waals surface area contributed by atoms with Crippen LogP contribution >= 0.6 is 0 Å². The Morgan fingerprint density at radius 3 is 2.95 bits per heavy atom. The Morgan fingerprint density at radius 1 is 1.29 bits per heavy atom. The second kappa shape index (κ2) is 4.47. The summed E-state index contributed by atoms with van der Waals surface area (Å²) >= 11 is 0. The average Bonchev–Trinajstić information content (AvgIpc) is 2.83. The molecule has 0 aromatic carbocycles. The van der Waals surface area contributed by atoms with Crippen LogP contribution in [0.1, 0.15) is 51.9 Å². The largest absolute Gasteiger partial charge is 0.295 e. The van der Waals surface area contributed by atoms with Crippen molar-refractivity contribution in [2.24, 2.45) is 17.3 Å². The van der Waals surface area contributed by atoms with Crippen molar-refractivity contribution in [3.63, 3.8) is 0 Å². The van der Waals surface area contributed by atoms with E-state index in [4.69, 9.17) is 6.42 Å². The summed E-state index contributed by atoms with van der Waals surface area (Å²) in [7, 11) is 0. The number of hydrogen-bond donors (Lipinski definition) is 0. The third-order valence-electron chi connectivity index (χ3n) is 6.47. The number of ketones is 1. The SMILES string of the molecule is C#CC1=CC[C@H]2[C@@H]3CCC4=CC(=O)CCC4=C3CC[C@]12C. The lowest BCUT2D eigenvalue weighted by atomic mass is 9.56. The molecule has 0 aromatic rings. The highest BCUT2D eigenvalue weighted by molar-refractivity contribution is 5.93. The lowest BCUT2D eigenvalue weighted by Crippen LogP contribution is -2.38. The Labute approximate surface area is 127 Å². The zero-order chi connectivity index (χ0) is 14.6. The maximum absolute atomic E-state index is 11.7. The van der Waals surface area contributed by atoms with Crippen LogP contribution in [0.25, 0.3) is 0 Å². The van der Waals surface area contributed by atoms with E-state index < -0.39 is 0 Å². The van der Waals surface area contributed by atoms with Gasteiger partial charge in [0, 0.05) is 17.4 Å². The van der Waals surface area contributed by atoms with Crippen molar-refractivity contribution in [3.8, 4) is 12.3 Å². The Balaban J connectivity index is 1.74. The lowest BCUT2D eigenvalue weighted by molar-refractivity contribution is -0.114. The standard InChI is InChI=1S/C20H22O/c1-3-14-5-9-19-18-7-4-13-12-15(21)6-8-16(13)17(18)10-11-20(14,19)2/h1,5,12,18-19H,4,6-11H2,2H3/t18-,19+,20-/m1/s1. The average molecular weight is 278 g/mol. The van der Waals surface area contributed by atoms with Crippen LogP contribution < -0.4 is 0 Å². The first-order valence-electron chi connectivity index (χ1n) is 8.26. The number of fused-ring (bicyclic) bond motifs is 4. The summed E-state index contributed by atoms with van der Waals surface area (Å²) in [5.74, 6) is 4.67. The molecule has 108 valence electrons. The van der Waals surface area contributed by atoms with Crippen molar-refractivity contribution in [2.75, 3.05) is 0 Å². The molecular weight excluding hydrogens is 256 g/mol. The summed E-state index contributed by atoms with van der Waals surface area (Å²) in [6.07, 6.45) is 17.5. The van der Waals surface area contributed by atoms with E-state index in [9.17, 15) is 4.79 Å². The van der Waals surface area contributed by atoms with E-state index in [1.165, 1.54) is 30.4 Å². The minimum Gasteiger partial charge on any atom is -0.295 e. The highest BCUT2D eigenvalue weighted by Gasteiger charge is 2.49. The minimum absolute atomic E-state index is 0.231. The van der Waals surface area contributed by atoms with Gasteiger partial charge in [0.25, 0.3) is 0 Å². The molecule has 4 rings (SSSR count). The molecule has 1 heteroatoms. The van der Waals surface area contributed by atoms with E-state index in [0.29, 0.717) is 24.0 Å². The fourth-order valence-corrected chi connectivity index (χ4v) is 5.33. The molecule has 1 saturated carbocycles. The van der Waals surface area contributed by atoms with Crippen LogP contribution in [0, 0.1) is 29.6 Å². The molecular formula is C20H22O. The maximum atomic E-state index is 11.7. The van der Waals surface area contributed by atoms with Crippen LogP contribution in [0.15, 0.2) is 34.4 Å². The van der Waals surface area contributed by atoms with E-state index in [2.05, 4.69) is 18.9 Å². The van der Waals surface area contributed by atoms with Crippen LogP contribution in [-0.2, 0) is 4.79 Å². The molecule has 4 aliphatic carbocycles. The van der Waals surface area contributed by atoms with Crippen molar-refractivity contribution in [2.45, 2.75) is 51.9 Å². The van der Waals surface area contributed by atoms with Crippen molar-refractivity contribution < 1.29 is 4.79 Å². The van der Waals surface area contributed by atoms with E-state index >= 15 is 0 Å². The third-order valence-corrected chi connectivity index (χ3v) is 6.47. The van der Waals surface area contributed by atoms with E-state index in [1.807, 2.05) is 6.08 Å². The molecule has 0 saturated heterocycles. The second-order valence-corrected chi connectivity index (χ2v) is 7.31. The van der Waals surface area contributed by atoms with Crippen molar-refractivity contribution in [1.29, 1.82) is 0 Å². The fraction of sp³-hybridized carbons (Fsp3) is 0.550. The van der Waals surface area contributed by atoms with Crippen LogP contribution in [0.2, 0.25) is 0 Å². The molecule has 21 heavy (non-hydrogen) atoms. The van der Waals surface area contributed by atoms with Gasteiger partial charge < -0.3 is 0 Å². The van der Waals surface area contributed by atoms with Crippen molar-refractivity contribution in [1.82, 2.24) is 0 Å². The molecule has 0 N–H and O–H groups in total. The molecule has 1 fully saturated rings. The summed E-state index contributed by atoms with van der Waals surface area (Å²) < 4.78 is 0. The van der Waals surface area contributed by atoms with Gasteiger partial charge in [-0.1, -0.05) is 24.5 Å². The molecule has 0 radical (unpaired) electrons. The van der Waals surface area contributed by atoms with Crippen LogP contribution in [0.4, 0.5) is 0 Å². The molecule has 0 aliphatic heterocycles. The van der Waals surface area contributed by atoms with Gasteiger partial charge in [-0.2, -0.15) is 0 Å². The van der Waals surface area contributed by atoms with Crippen molar-refractivity contribution in [3.05, 3.63) is 34.4 Å². The number of allylic oxidation sites excluding steroid dienone is 6. The van der Waals surface area contributed by atoms with Gasteiger partial charge in [0.1, 0.15) is 0 Å². The van der Waals surface area contributed by atoms with Gasteiger partial charge in [-0.15, -0.1) is 6.42 Å². The molecule has 3 atom stereocenters. The van der Waals surface area contributed by atoms with Gasteiger partial charge in [-0.3, -0.25) is 4.79 Å². The quantitative estimate of drug-likeness (QED) is 0.602. The highest BCUT2D eigenvalue weighted by atomic mass is 16.1. The minimum atomic E-state index is 0.231. The fourth-order valence-electron chi connectivity index (χ4n) is 5.33. The zero-order valence-electron chi connectivity index (χ0n) is 12.7. The van der Waals surface area contributed by atoms with Crippen LogP contribution in [0.3, 0.4) is 0 Å².